The maximum Gasteiger partial charge on any atom is 0.335 e. The number of carboxylic acid groups (broad SMARTS) is 1. The Balaban J connectivity index is 2.66. The molecule has 2 nitrogen and oxygen atoms in total. The topological polar surface area (TPSA) is 37.3 Å². The Hall–Kier alpha value is -1.22. The van der Waals surface area contributed by atoms with Crippen molar-refractivity contribution in [1.82, 2.24) is 0 Å². The molecule has 0 saturated carbocycles. The van der Waals surface area contributed by atoms with Crippen molar-refractivity contribution in [3.63, 3.8) is 0 Å². The molecule has 0 saturated heterocycles. The van der Waals surface area contributed by atoms with E-state index in [2.05, 4.69) is 13.5 Å². The van der Waals surface area contributed by atoms with Crippen LogP contribution in [0.5, 0.6) is 0 Å². The third-order valence-electron chi connectivity index (χ3n) is 2.02. The zero-order valence-corrected chi connectivity index (χ0v) is 9.51. The zero-order chi connectivity index (χ0) is 11.3. The van der Waals surface area contributed by atoms with E-state index in [4.69, 9.17) is 5.11 Å². The third kappa shape index (κ3) is 3.80. The summed E-state index contributed by atoms with van der Waals surface area (Å²) in [6.07, 6.45) is 0.964. The number of hydrogen-bond donors (Lipinski definition) is 1. The molecule has 0 radical (unpaired) electrons. The molecule has 0 aromatic heterocycles. The van der Waals surface area contributed by atoms with Crippen molar-refractivity contribution < 1.29 is 9.90 Å². The van der Waals surface area contributed by atoms with E-state index in [1.165, 1.54) is 5.57 Å². The van der Waals surface area contributed by atoms with Crippen molar-refractivity contribution in [3.8, 4) is 0 Å². The molecular weight excluding hydrogens is 208 g/mol. The van der Waals surface area contributed by atoms with Crippen LogP contribution < -0.4 is 0 Å². The Morgan fingerprint density at radius 3 is 2.87 bits per heavy atom. The van der Waals surface area contributed by atoms with Crippen LogP contribution in [0.15, 0.2) is 41.3 Å². The SMILES string of the molecule is C=C(CC)CSc1cccc(C(=O)O)c1. The van der Waals surface area contributed by atoms with Gasteiger partial charge in [0, 0.05) is 10.6 Å². The van der Waals surface area contributed by atoms with Crippen LogP contribution in [0.3, 0.4) is 0 Å². The standard InChI is InChI=1S/C12H14O2S/c1-3-9(2)8-15-11-6-4-5-10(7-11)12(13)14/h4-7H,2-3,8H2,1H3,(H,13,14). The predicted octanol–water partition coefficient (Wildman–Crippen LogP) is 3.44. The minimum absolute atomic E-state index is 0.335. The van der Waals surface area contributed by atoms with Gasteiger partial charge in [0.1, 0.15) is 0 Å². The Morgan fingerprint density at radius 2 is 2.27 bits per heavy atom. The monoisotopic (exact) mass is 222 g/mol. The highest BCUT2D eigenvalue weighted by atomic mass is 32.2. The summed E-state index contributed by atoms with van der Waals surface area (Å²) in [7, 11) is 0. The summed E-state index contributed by atoms with van der Waals surface area (Å²) in [5.74, 6) is -0.0358. The normalized spacial score (nSPS) is 9.93. The number of hydrogen-bond acceptors (Lipinski definition) is 2. The van der Waals surface area contributed by atoms with Gasteiger partial charge in [-0.3, -0.25) is 0 Å². The summed E-state index contributed by atoms with van der Waals surface area (Å²) >= 11 is 1.62. The van der Waals surface area contributed by atoms with Gasteiger partial charge in [0.15, 0.2) is 0 Å². The number of thioether (sulfide) groups is 1. The minimum Gasteiger partial charge on any atom is -0.478 e. The van der Waals surface area contributed by atoms with Crippen LogP contribution in [0.4, 0.5) is 0 Å². The van der Waals surface area contributed by atoms with Gasteiger partial charge in [0.2, 0.25) is 0 Å². The molecule has 0 unspecified atom stereocenters. The van der Waals surface area contributed by atoms with Crippen molar-refractivity contribution in [2.45, 2.75) is 18.2 Å². The number of carboxylic acids is 1. The second kappa shape index (κ2) is 5.61. The second-order valence-electron chi connectivity index (χ2n) is 3.23. The maximum atomic E-state index is 10.7. The molecule has 0 bridgehead atoms. The summed E-state index contributed by atoms with van der Waals surface area (Å²) < 4.78 is 0. The van der Waals surface area contributed by atoms with Crippen molar-refractivity contribution in [2.75, 3.05) is 5.75 Å². The molecule has 80 valence electrons. The van der Waals surface area contributed by atoms with Gasteiger partial charge in [-0.15, -0.1) is 11.8 Å². The first kappa shape index (κ1) is 11.9. The van der Waals surface area contributed by atoms with Gasteiger partial charge in [-0.2, -0.15) is 0 Å². The Labute approximate surface area is 94.0 Å². The third-order valence-corrected chi connectivity index (χ3v) is 3.16. The van der Waals surface area contributed by atoms with Crippen molar-refractivity contribution in [1.29, 1.82) is 0 Å². The molecule has 0 heterocycles. The van der Waals surface area contributed by atoms with E-state index >= 15 is 0 Å². The highest BCUT2D eigenvalue weighted by Crippen LogP contribution is 2.21. The van der Waals surface area contributed by atoms with Crippen LogP contribution in [-0.4, -0.2) is 16.8 Å². The van der Waals surface area contributed by atoms with Gasteiger partial charge in [-0.05, 0) is 24.6 Å². The number of carbonyl (C=O) groups is 1. The summed E-state index contributed by atoms with van der Waals surface area (Å²) in [5.41, 5.74) is 1.50. The summed E-state index contributed by atoms with van der Waals surface area (Å²) in [4.78, 5) is 11.7. The summed E-state index contributed by atoms with van der Waals surface area (Å²) in [5, 5.41) is 8.81. The summed E-state index contributed by atoms with van der Waals surface area (Å²) in [6.45, 7) is 5.97. The molecule has 1 aromatic carbocycles. The smallest absolute Gasteiger partial charge is 0.335 e. The average molecular weight is 222 g/mol. The van der Waals surface area contributed by atoms with E-state index < -0.39 is 5.97 Å². The molecule has 0 fully saturated rings. The molecule has 0 amide bonds. The summed E-state index contributed by atoms with van der Waals surface area (Å²) in [6, 6.07) is 6.97. The van der Waals surface area contributed by atoms with Crippen LogP contribution in [0, 0.1) is 0 Å². The highest BCUT2D eigenvalue weighted by molar-refractivity contribution is 7.99. The van der Waals surface area contributed by atoms with Gasteiger partial charge in [-0.25, -0.2) is 4.79 Å². The van der Waals surface area contributed by atoms with Crippen LogP contribution in [-0.2, 0) is 0 Å². The largest absolute Gasteiger partial charge is 0.478 e. The first-order chi connectivity index (χ1) is 7.13. The fourth-order valence-corrected chi connectivity index (χ4v) is 1.97. The number of benzene rings is 1. The molecule has 15 heavy (non-hydrogen) atoms. The average Bonchev–Trinajstić information content (AvgIpc) is 2.26. The molecule has 0 aliphatic heterocycles. The lowest BCUT2D eigenvalue weighted by atomic mass is 10.2. The van der Waals surface area contributed by atoms with E-state index in [0.717, 1.165) is 17.1 Å². The van der Waals surface area contributed by atoms with Crippen LogP contribution >= 0.6 is 11.8 Å². The first-order valence-electron chi connectivity index (χ1n) is 4.76. The van der Waals surface area contributed by atoms with Crippen LogP contribution in [0.1, 0.15) is 23.7 Å². The van der Waals surface area contributed by atoms with E-state index in [1.54, 1.807) is 30.0 Å². The van der Waals surface area contributed by atoms with E-state index in [-0.39, 0.29) is 0 Å². The van der Waals surface area contributed by atoms with Crippen molar-refractivity contribution in [2.24, 2.45) is 0 Å². The molecule has 3 heteroatoms. The van der Waals surface area contributed by atoms with Crippen LogP contribution in [0.25, 0.3) is 0 Å². The number of rotatable bonds is 5. The van der Waals surface area contributed by atoms with Gasteiger partial charge >= 0.3 is 5.97 Å². The van der Waals surface area contributed by atoms with Crippen LogP contribution in [0.2, 0.25) is 0 Å². The molecule has 0 atom stereocenters. The second-order valence-corrected chi connectivity index (χ2v) is 4.27. The number of aromatic carboxylic acids is 1. The minimum atomic E-state index is -0.883. The lowest BCUT2D eigenvalue weighted by Gasteiger charge is -2.03. The highest BCUT2D eigenvalue weighted by Gasteiger charge is 2.03. The molecule has 1 aromatic rings. The fourth-order valence-electron chi connectivity index (χ4n) is 1.01. The quantitative estimate of drug-likeness (QED) is 0.612. The van der Waals surface area contributed by atoms with Gasteiger partial charge in [0.05, 0.1) is 5.56 Å². The lowest BCUT2D eigenvalue weighted by molar-refractivity contribution is 0.0696. The van der Waals surface area contributed by atoms with E-state index in [1.807, 2.05) is 6.07 Å². The van der Waals surface area contributed by atoms with Crippen molar-refractivity contribution in [3.05, 3.63) is 42.0 Å². The Kier molecular flexibility index (Phi) is 4.43. The lowest BCUT2D eigenvalue weighted by Crippen LogP contribution is -1.95. The maximum absolute atomic E-state index is 10.7. The first-order valence-corrected chi connectivity index (χ1v) is 5.75. The van der Waals surface area contributed by atoms with Gasteiger partial charge in [-0.1, -0.05) is 25.1 Å². The Morgan fingerprint density at radius 1 is 1.53 bits per heavy atom. The van der Waals surface area contributed by atoms with E-state index in [0.29, 0.717) is 5.56 Å². The molecule has 1 N–H and O–H groups in total. The van der Waals surface area contributed by atoms with Gasteiger partial charge < -0.3 is 5.11 Å². The molecular formula is C12H14O2S. The molecule has 0 aliphatic rings. The fraction of sp³-hybridized carbons (Fsp3) is 0.250. The molecule has 0 spiro atoms. The van der Waals surface area contributed by atoms with Gasteiger partial charge in [0.25, 0.3) is 0 Å². The van der Waals surface area contributed by atoms with Crippen molar-refractivity contribution >= 4 is 17.7 Å². The van der Waals surface area contributed by atoms with E-state index in [9.17, 15) is 4.79 Å². The Bertz CT molecular complexity index is 372. The molecule has 0 aliphatic carbocycles. The predicted molar refractivity (Wildman–Crippen MR) is 63.6 cm³/mol. The molecule has 1 rings (SSSR count). The zero-order valence-electron chi connectivity index (χ0n) is 8.69.